The molecule has 7 heteroatoms. The van der Waals surface area contributed by atoms with Crippen molar-refractivity contribution in [1.29, 1.82) is 0 Å². The van der Waals surface area contributed by atoms with E-state index in [9.17, 15) is 14.4 Å². The van der Waals surface area contributed by atoms with Crippen molar-refractivity contribution in [2.75, 3.05) is 19.6 Å². The molecule has 0 radical (unpaired) electrons. The van der Waals surface area contributed by atoms with Gasteiger partial charge in [-0.2, -0.15) is 0 Å². The number of carbonyl (C=O) groups is 3. The number of nitrogens with two attached hydrogens (primary N) is 1. The Morgan fingerprint density at radius 1 is 1.41 bits per heavy atom. The van der Waals surface area contributed by atoms with Crippen LogP contribution < -0.4 is 11.1 Å². The van der Waals surface area contributed by atoms with Crippen molar-refractivity contribution in [1.82, 2.24) is 10.2 Å². The number of likely N-dealkylation sites (N-methyl/N-ethyl adjacent to an activating group) is 1. The van der Waals surface area contributed by atoms with E-state index in [0.717, 1.165) is 0 Å². The number of nitrogens with one attached hydrogen (secondary N) is 1. The molecular formula is C10H19N3O4. The van der Waals surface area contributed by atoms with Gasteiger partial charge >= 0.3 is 5.97 Å². The minimum Gasteiger partial charge on any atom is -0.481 e. The van der Waals surface area contributed by atoms with Gasteiger partial charge in [-0.3, -0.25) is 14.4 Å². The number of hydrogen-bond donors (Lipinski definition) is 3. The molecule has 4 N–H and O–H groups in total. The van der Waals surface area contributed by atoms with Gasteiger partial charge in [0.25, 0.3) is 0 Å². The lowest BCUT2D eigenvalue weighted by molar-refractivity contribution is -0.140. The number of hydrogen-bond acceptors (Lipinski definition) is 4. The Kier molecular flexibility index (Phi) is 6.88. The summed E-state index contributed by atoms with van der Waals surface area (Å²) in [5, 5.41) is 11.0. The molecule has 2 amide bonds. The molecule has 17 heavy (non-hydrogen) atoms. The van der Waals surface area contributed by atoms with Gasteiger partial charge in [0.15, 0.2) is 0 Å². The number of aliphatic carboxylic acids is 1. The van der Waals surface area contributed by atoms with Crippen molar-refractivity contribution < 1.29 is 19.5 Å². The van der Waals surface area contributed by atoms with Crippen LogP contribution in [-0.4, -0.2) is 53.5 Å². The Labute approximate surface area is 100.0 Å². The van der Waals surface area contributed by atoms with Crippen LogP contribution in [0.15, 0.2) is 0 Å². The van der Waals surface area contributed by atoms with Crippen LogP contribution in [0.2, 0.25) is 0 Å². The predicted octanol–water partition coefficient (Wildman–Crippen LogP) is -1.23. The Morgan fingerprint density at radius 3 is 2.41 bits per heavy atom. The number of amides is 2. The maximum absolute atomic E-state index is 11.7. The van der Waals surface area contributed by atoms with Gasteiger partial charge < -0.3 is 21.1 Å². The molecule has 0 aromatic carbocycles. The van der Waals surface area contributed by atoms with Crippen molar-refractivity contribution in [2.45, 2.75) is 26.3 Å². The number of nitrogens with zero attached hydrogens (tertiary/aromatic N) is 1. The van der Waals surface area contributed by atoms with Crippen LogP contribution in [0.25, 0.3) is 0 Å². The van der Waals surface area contributed by atoms with Crippen LogP contribution in [0.5, 0.6) is 0 Å². The van der Waals surface area contributed by atoms with Crippen LogP contribution in [0.3, 0.4) is 0 Å². The first kappa shape index (κ1) is 15.4. The molecule has 0 fully saturated rings. The van der Waals surface area contributed by atoms with Gasteiger partial charge in [0.1, 0.15) is 0 Å². The molecule has 0 aliphatic carbocycles. The van der Waals surface area contributed by atoms with Crippen LogP contribution in [0, 0.1) is 0 Å². The normalized spacial score (nSPS) is 11.7. The Hall–Kier alpha value is -1.63. The highest BCUT2D eigenvalue weighted by Crippen LogP contribution is 2.03. The van der Waals surface area contributed by atoms with E-state index in [1.807, 2.05) is 0 Å². The number of rotatable bonds is 7. The van der Waals surface area contributed by atoms with E-state index in [-0.39, 0.29) is 25.4 Å². The van der Waals surface area contributed by atoms with Gasteiger partial charge in [-0.25, -0.2) is 0 Å². The fourth-order valence-corrected chi connectivity index (χ4v) is 1.44. The third-order valence-electron chi connectivity index (χ3n) is 2.29. The second kappa shape index (κ2) is 7.61. The summed E-state index contributed by atoms with van der Waals surface area (Å²) in [6.45, 7) is 3.46. The van der Waals surface area contributed by atoms with Gasteiger partial charge in [0.2, 0.25) is 11.8 Å². The summed E-state index contributed by atoms with van der Waals surface area (Å²) < 4.78 is 0. The van der Waals surface area contributed by atoms with E-state index in [1.165, 1.54) is 4.90 Å². The largest absolute Gasteiger partial charge is 0.481 e. The molecule has 0 saturated heterocycles. The first-order chi connectivity index (χ1) is 7.92. The highest BCUT2D eigenvalue weighted by molar-refractivity contribution is 5.85. The van der Waals surface area contributed by atoms with Gasteiger partial charge in [0.05, 0.1) is 19.5 Å². The smallest absolute Gasteiger partial charge is 0.305 e. The van der Waals surface area contributed by atoms with E-state index < -0.39 is 17.9 Å². The molecule has 0 bridgehead atoms. The number of carboxylic acids is 1. The summed E-state index contributed by atoms with van der Waals surface area (Å²) >= 11 is 0. The van der Waals surface area contributed by atoms with Gasteiger partial charge in [-0.15, -0.1) is 0 Å². The molecule has 0 aromatic rings. The molecule has 0 rings (SSSR count). The molecule has 0 aliphatic rings. The molecule has 0 saturated carbocycles. The molecule has 7 nitrogen and oxygen atoms in total. The predicted molar refractivity (Wildman–Crippen MR) is 61.2 cm³/mol. The molecule has 1 atom stereocenters. The maximum atomic E-state index is 11.7. The zero-order valence-electron chi connectivity index (χ0n) is 10.1. The lowest BCUT2D eigenvalue weighted by Crippen LogP contribution is -2.46. The lowest BCUT2D eigenvalue weighted by Gasteiger charge is -2.27. The molecule has 0 aromatic heterocycles. The van der Waals surface area contributed by atoms with Gasteiger partial charge in [0, 0.05) is 12.6 Å². The van der Waals surface area contributed by atoms with Crippen molar-refractivity contribution >= 4 is 17.8 Å². The third-order valence-corrected chi connectivity index (χ3v) is 2.29. The molecule has 0 aliphatic heterocycles. The minimum absolute atomic E-state index is 0.121. The average Bonchev–Trinajstić information content (AvgIpc) is 2.25. The minimum atomic E-state index is -0.963. The highest BCUT2D eigenvalue weighted by atomic mass is 16.4. The van der Waals surface area contributed by atoms with Crippen molar-refractivity contribution in [3.63, 3.8) is 0 Å². The first-order valence-corrected chi connectivity index (χ1v) is 5.40. The van der Waals surface area contributed by atoms with E-state index in [1.54, 1.807) is 13.8 Å². The second-order valence-corrected chi connectivity index (χ2v) is 3.61. The van der Waals surface area contributed by atoms with Crippen molar-refractivity contribution in [3.8, 4) is 0 Å². The zero-order valence-corrected chi connectivity index (χ0v) is 10.1. The zero-order chi connectivity index (χ0) is 13.4. The van der Waals surface area contributed by atoms with E-state index >= 15 is 0 Å². The SMILES string of the molecule is CCN(C(=O)CNC(=O)CN)C(C)CC(=O)O. The summed E-state index contributed by atoms with van der Waals surface area (Å²) in [5.74, 6) is -1.70. The quantitative estimate of drug-likeness (QED) is 0.520. The standard InChI is InChI=1S/C10H19N3O4/c1-3-13(7(2)4-10(16)17)9(15)6-12-8(14)5-11/h7H,3-6,11H2,1-2H3,(H,12,14)(H,16,17). The lowest BCUT2D eigenvalue weighted by atomic mass is 10.2. The van der Waals surface area contributed by atoms with Crippen molar-refractivity contribution in [3.05, 3.63) is 0 Å². The Morgan fingerprint density at radius 2 is 2.00 bits per heavy atom. The van der Waals surface area contributed by atoms with Crippen molar-refractivity contribution in [2.24, 2.45) is 5.73 Å². The molecule has 0 spiro atoms. The fraction of sp³-hybridized carbons (Fsp3) is 0.700. The van der Waals surface area contributed by atoms with E-state index in [2.05, 4.69) is 5.32 Å². The van der Waals surface area contributed by atoms with Crippen LogP contribution >= 0.6 is 0 Å². The fourth-order valence-electron chi connectivity index (χ4n) is 1.44. The van der Waals surface area contributed by atoms with Gasteiger partial charge in [-0.1, -0.05) is 0 Å². The second-order valence-electron chi connectivity index (χ2n) is 3.61. The monoisotopic (exact) mass is 245 g/mol. The molecule has 1 unspecified atom stereocenters. The maximum Gasteiger partial charge on any atom is 0.305 e. The van der Waals surface area contributed by atoms with Crippen LogP contribution in [0.4, 0.5) is 0 Å². The van der Waals surface area contributed by atoms with Crippen LogP contribution in [-0.2, 0) is 14.4 Å². The third kappa shape index (κ3) is 5.86. The average molecular weight is 245 g/mol. The topological polar surface area (TPSA) is 113 Å². The summed E-state index contributed by atoms with van der Waals surface area (Å²) in [5.41, 5.74) is 5.08. The van der Waals surface area contributed by atoms with E-state index in [0.29, 0.717) is 6.54 Å². The summed E-state index contributed by atoms with van der Waals surface area (Å²) in [6.07, 6.45) is -0.121. The highest BCUT2D eigenvalue weighted by Gasteiger charge is 2.20. The van der Waals surface area contributed by atoms with E-state index in [4.69, 9.17) is 10.8 Å². The molecule has 98 valence electrons. The molecular weight excluding hydrogens is 226 g/mol. The summed E-state index contributed by atoms with van der Waals surface area (Å²) in [4.78, 5) is 34.5. The van der Waals surface area contributed by atoms with Gasteiger partial charge in [-0.05, 0) is 13.8 Å². The number of carbonyl (C=O) groups excluding carboxylic acids is 2. The summed E-state index contributed by atoms with van der Waals surface area (Å²) in [7, 11) is 0. The molecule has 0 heterocycles. The Balaban J connectivity index is 4.29. The summed E-state index contributed by atoms with van der Waals surface area (Å²) in [6, 6.07) is -0.403. The first-order valence-electron chi connectivity index (χ1n) is 5.40. The van der Waals surface area contributed by atoms with Crippen LogP contribution in [0.1, 0.15) is 20.3 Å². The number of carboxylic acid groups (broad SMARTS) is 1. The Bertz CT molecular complexity index is 293.